The molecule has 1 amide bonds. The first-order valence-electron chi connectivity index (χ1n) is 7.85. The zero-order valence-electron chi connectivity index (χ0n) is 13.8. The minimum atomic E-state index is -3.57. The molecular formula is C16H19N3O3S3. The van der Waals surface area contributed by atoms with Gasteiger partial charge in [0.15, 0.2) is 0 Å². The van der Waals surface area contributed by atoms with Crippen LogP contribution in [-0.4, -0.2) is 42.7 Å². The van der Waals surface area contributed by atoms with E-state index in [0.29, 0.717) is 17.2 Å². The lowest BCUT2D eigenvalue weighted by Gasteiger charge is -2.31. The number of thiazole rings is 1. The van der Waals surface area contributed by atoms with E-state index in [4.69, 9.17) is 0 Å². The monoisotopic (exact) mass is 397 g/mol. The van der Waals surface area contributed by atoms with Gasteiger partial charge in [-0.3, -0.25) is 4.79 Å². The van der Waals surface area contributed by atoms with Crippen molar-refractivity contribution in [1.29, 1.82) is 0 Å². The molecule has 2 aromatic heterocycles. The molecular weight excluding hydrogens is 378 g/mol. The highest BCUT2D eigenvalue weighted by Crippen LogP contribution is 2.33. The maximum Gasteiger partial charge on any atom is 0.252 e. The summed E-state index contributed by atoms with van der Waals surface area (Å²) in [7, 11) is -3.57. The highest BCUT2D eigenvalue weighted by atomic mass is 32.2. The first-order valence-corrected chi connectivity index (χ1v) is 11.0. The van der Waals surface area contributed by atoms with E-state index in [1.54, 1.807) is 12.1 Å². The quantitative estimate of drug-likeness (QED) is 0.787. The first kappa shape index (κ1) is 18.2. The molecule has 0 radical (unpaired) electrons. The number of sulfonamides is 1. The molecule has 0 unspecified atom stereocenters. The predicted octanol–water partition coefficient (Wildman–Crippen LogP) is 2.64. The summed E-state index contributed by atoms with van der Waals surface area (Å²) in [4.78, 5) is 16.7. The van der Waals surface area contributed by atoms with Crippen molar-refractivity contribution in [3.05, 3.63) is 35.2 Å². The molecule has 1 fully saturated rings. The number of thiophene rings is 1. The molecule has 1 aliphatic rings. The minimum Gasteiger partial charge on any atom is -0.349 e. The summed E-state index contributed by atoms with van der Waals surface area (Å²) in [5, 5.41) is 5.67. The van der Waals surface area contributed by atoms with Crippen molar-refractivity contribution >= 4 is 38.6 Å². The fraction of sp³-hybridized carbons (Fsp3) is 0.375. The third kappa shape index (κ3) is 4.00. The number of aryl methyl sites for hydroxylation is 1. The zero-order valence-corrected chi connectivity index (χ0v) is 16.2. The van der Waals surface area contributed by atoms with E-state index in [1.165, 1.54) is 33.1 Å². The van der Waals surface area contributed by atoms with Crippen LogP contribution in [0.3, 0.4) is 0 Å². The topological polar surface area (TPSA) is 79.4 Å². The third-order valence-electron chi connectivity index (χ3n) is 3.96. The Bertz CT molecular complexity index is 885. The van der Waals surface area contributed by atoms with Crippen LogP contribution in [0.4, 0.5) is 0 Å². The van der Waals surface area contributed by atoms with Crippen molar-refractivity contribution in [3.63, 3.8) is 0 Å². The Balaban J connectivity index is 1.78. The Morgan fingerprint density at radius 2 is 2.28 bits per heavy atom. The summed E-state index contributed by atoms with van der Waals surface area (Å²) in [5.74, 6) is -0.276. The summed E-state index contributed by atoms with van der Waals surface area (Å²) in [6.45, 7) is 6.10. The summed E-state index contributed by atoms with van der Waals surface area (Å²) >= 11 is 2.77. The van der Waals surface area contributed by atoms with Gasteiger partial charge in [0.05, 0.1) is 15.6 Å². The lowest BCUT2D eigenvalue weighted by molar-refractivity contribution is -0.117. The van der Waals surface area contributed by atoms with Crippen molar-refractivity contribution in [2.75, 3.05) is 13.1 Å². The number of nitrogens with one attached hydrogen (secondary N) is 1. The average Bonchev–Trinajstić information content (AvgIpc) is 3.24. The molecule has 0 aliphatic carbocycles. The van der Waals surface area contributed by atoms with Crippen LogP contribution >= 0.6 is 22.7 Å². The molecule has 2 aromatic rings. The maximum atomic E-state index is 12.9. The molecule has 1 aliphatic heterocycles. The summed E-state index contributed by atoms with van der Waals surface area (Å²) in [6.07, 6.45) is 2.68. The van der Waals surface area contributed by atoms with E-state index in [-0.39, 0.29) is 18.5 Å². The molecule has 0 spiro atoms. The smallest absolute Gasteiger partial charge is 0.252 e. The molecule has 1 atom stereocenters. The van der Waals surface area contributed by atoms with Gasteiger partial charge in [0.2, 0.25) is 5.91 Å². The second-order valence-corrected chi connectivity index (χ2v) is 10.1. The lowest BCUT2D eigenvalue weighted by atomic mass is 10.1. The lowest BCUT2D eigenvalue weighted by Crippen LogP contribution is -2.49. The van der Waals surface area contributed by atoms with Crippen molar-refractivity contribution in [2.45, 2.75) is 30.0 Å². The number of carbonyl (C=O) groups excluding carboxylic acids is 1. The summed E-state index contributed by atoms with van der Waals surface area (Å²) in [6, 6.07) is 3.25. The molecule has 9 heteroatoms. The highest BCUT2D eigenvalue weighted by molar-refractivity contribution is 7.91. The predicted molar refractivity (Wildman–Crippen MR) is 100 cm³/mol. The second kappa shape index (κ2) is 7.36. The standard InChI is InChI=1S/C16H19N3O3S3/c1-3-15(20)18-12-5-4-8-19(9-12)25(21,22)16-7-6-14(24-16)13-10-23-11(2)17-13/h3,6-7,10,12H,1,4-5,8-9H2,2H3,(H,18,20)/t12-/m0/s1. The van der Waals surface area contributed by atoms with Gasteiger partial charge in [0.1, 0.15) is 4.21 Å². The molecule has 0 saturated carbocycles. The van der Waals surface area contributed by atoms with Crippen LogP contribution in [0.1, 0.15) is 17.8 Å². The van der Waals surface area contributed by atoms with Crippen LogP contribution in [0.25, 0.3) is 10.6 Å². The van der Waals surface area contributed by atoms with Gasteiger partial charge < -0.3 is 5.32 Å². The fourth-order valence-electron chi connectivity index (χ4n) is 2.74. The van der Waals surface area contributed by atoms with Crippen LogP contribution in [0.5, 0.6) is 0 Å². The Labute approximate surface area is 155 Å². The van der Waals surface area contributed by atoms with E-state index in [9.17, 15) is 13.2 Å². The molecule has 0 aromatic carbocycles. The zero-order chi connectivity index (χ0) is 18.0. The van der Waals surface area contributed by atoms with Gasteiger partial charge in [0.25, 0.3) is 10.0 Å². The van der Waals surface area contributed by atoms with E-state index in [1.807, 2.05) is 12.3 Å². The van der Waals surface area contributed by atoms with Crippen molar-refractivity contribution in [1.82, 2.24) is 14.6 Å². The van der Waals surface area contributed by atoms with Crippen LogP contribution in [-0.2, 0) is 14.8 Å². The molecule has 1 saturated heterocycles. The van der Waals surface area contributed by atoms with E-state index >= 15 is 0 Å². The Morgan fingerprint density at radius 3 is 2.96 bits per heavy atom. The number of nitrogens with zero attached hydrogens (tertiary/aromatic N) is 2. The van der Waals surface area contributed by atoms with Crippen molar-refractivity contribution in [2.24, 2.45) is 0 Å². The normalized spacial score (nSPS) is 18.8. The van der Waals surface area contributed by atoms with E-state index < -0.39 is 10.0 Å². The van der Waals surface area contributed by atoms with Gasteiger partial charge in [-0.1, -0.05) is 6.58 Å². The van der Waals surface area contributed by atoms with Crippen LogP contribution in [0.2, 0.25) is 0 Å². The minimum absolute atomic E-state index is 0.186. The van der Waals surface area contributed by atoms with Gasteiger partial charge in [-0.2, -0.15) is 4.31 Å². The largest absolute Gasteiger partial charge is 0.349 e. The SMILES string of the molecule is C=CC(=O)N[C@H]1CCCN(S(=O)(=O)c2ccc(-c3csc(C)n3)s2)C1. The van der Waals surface area contributed by atoms with E-state index in [2.05, 4.69) is 16.9 Å². The van der Waals surface area contributed by atoms with Gasteiger partial charge in [-0.15, -0.1) is 22.7 Å². The summed E-state index contributed by atoms with van der Waals surface area (Å²) < 4.78 is 27.6. The van der Waals surface area contributed by atoms with Gasteiger partial charge >= 0.3 is 0 Å². The molecule has 3 heterocycles. The Kier molecular flexibility index (Phi) is 5.38. The number of piperidine rings is 1. The molecule has 134 valence electrons. The first-order chi connectivity index (χ1) is 11.9. The van der Waals surface area contributed by atoms with Gasteiger partial charge in [-0.25, -0.2) is 13.4 Å². The Morgan fingerprint density at radius 1 is 1.48 bits per heavy atom. The molecule has 0 bridgehead atoms. The highest BCUT2D eigenvalue weighted by Gasteiger charge is 2.31. The van der Waals surface area contributed by atoms with Crippen LogP contribution < -0.4 is 5.32 Å². The number of hydrogen-bond donors (Lipinski definition) is 1. The third-order valence-corrected chi connectivity index (χ3v) is 8.18. The number of carbonyl (C=O) groups is 1. The average molecular weight is 398 g/mol. The molecule has 3 rings (SSSR count). The molecule has 6 nitrogen and oxygen atoms in total. The van der Waals surface area contributed by atoms with Crippen LogP contribution in [0, 0.1) is 6.92 Å². The fourth-order valence-corrected chi connectivity index (χ4v) is 6.37. The number of amides is 1. The maximum absolute atomic E-state index is 12.9. The molecule has 25 heavy (non-hydrogen) atoms. The Hall–Kier alpha value is -1.55. The number of aromatic nitrogens is 1. The number of rotatable bonds is 5. The van der Waals surface area contributed by atoms with Crippen LogP contribution in [0.15, 0.2) is 34.4 Å². The number of hydrogen-bond acceptors (Lipinski definition) is 6. The van der Waals surface area contributed by atoms with Crippen molar-refractivity contribution in [3.8, 4) is 10.6 Å². The van der Waals surface area contributed by atoms with Gasteiger partial charge in [0, 0.05) is 24.5 Å². The van der Waals surface area contributed by atoms with E-state index in [0.717, 1.165) is 22.0 Å². The second-order valence-electron chi connectivity index (χ2n) is 5.79. The summed E-state index contributed by atoms with van der Waals surface area (Å²) in [5.41, 5.74) is 0.809. The molecule has 1 N–H and O–H groups in total. The van der Waals surface area contributed by atoms with Crippen molar-refractivity contribution < 1.29 is 13.2 Å². The van der Waals surface area contributed by atoms with Gasteiger partial charge in [-0.05, 0) is 38.0 Å².